The number of carbonyl (C=O) groups is 2. The minimum absolute atomic E-state index is 0.0436. The summed E-state index contributed by atoms with van der Waals surface area (Å²) in [5.74, 6) is -0.426. The third kappa shape index (κ3) is 2.69. The van der Waals surface area contributed by atoms with Crippen molar-refractivity contribution >= 4 is 21.8 Å². The zero-order valence-electron chi connectivity index (χ0n) is 7.82. The number of amides is 3. The van der Waals surface area contributed by atoms with E-state index in [4.69, 9.17) is 0 Å². The first kappa shape index (κ1) is 11.0. The smallest absolute Gasteiger partial charge is 0.314 e. The molecule has 0 radical (unpaired) electrons. The number of imide groups is 1. The number of rotatable bonds is 4. The molecule has 0 aromatic heterocycles. The van der Waals surface area contributed by atoms with E-state index in [2.05, 4.69) is 5.32 Å². The van der Waals surface area contributed by atoms with Crippen LogP contribution in [-0.4, -0.2) is 49.9 Å². The van der Waals surface area contributed by atoms with Crippen molar-refractivity contribution in [2.45, 2.75) is 6.92 Å². The van der Waals surface area contributed by atoms with Crippen molar-refractivity contribution in [1.29, 1.82) is 0 Å². The fourth-order valence-electron chi connectivity index (χ4n) is 1.06. The third-order valence-electron chi connectivity index (χ3n) is 1.98. The zero-order valence-corrected chi connectivity index (χ0v) is 8.63. The van der Waals surface area contributed by atoms with Crippen LogP contribution in [0.15, 0.2) is 0 Å². The molecule has 0 aromatic rings. The van der Waals surface area contributed by atoms with E-state index in [0.29, 0.717) is 0 Å². The van der Waals surface area contributed by atoms with E-state index in [1.807, 2.05) is 0 Å². The number of nitrogens with zero attached hydrogens (tertiary/aromatic N) is 1. The molecule has 6 nitrogen and oxygen atoms in total. The van der Waals surface area contributed by atoms with Gasteiger partial charge in [0.05, 0.1) is 5.75 Å². The lowest BCUT2D eigenvalue weighted by Crippen LogP contribution is -2.32. The van der Waals surface area contributed by atoms with Gasteiger partial charge in [0.2, 0.25) is 5.91 Å². The van der Waals surface area contributed by atoms with Crippen LogP contribution in [0.1, 0.15) is 6.92 Å². The van der Waals surface area contributed by atoms with Crippen molar-refractivity contribution in [2.24, 2.45) is 0 Å². The quantitative estimate of drug-likeness (QED) is 0.614. The van der Waals surface area contributed by atoms with Gasteiger partial charge in [-0.3, -0.25) is 10.1 Å². The SMILES string of the molecule is CCS(=O)(=O)CCN1CC(=O)NC1=O. The van der Waals surface area contributed by atoms with E-state index in [0.717, 1.165) is 0 Å². The normalized spacial score (nSPS) is 17.4. The number of nitrogens with one attached hydrogen (secondary N) is 1. The largest absolute Gasteiger partial charge is 0.324 e. The van der Waals surface area contributed by atoms with Gasteiger partial charge in [-0.1, -0.05) is 6.92 Å². The third-order valence-corrected chi connectivity index (χ3v) is 3.66. The Kier molecular flexibility index (Phi) is 3.10. The average Bonchev–Trinajstić information content (AvgIpc) is 2.42. The molecule has 7 heteroatoms. The molecule has 80 valence electrons. The van der Waals surface area contributed by atoms with E-state index in [9.17, 15) is 18.0 Å². The summed E-state index contributed by atoms with van der Waals surface area (Å²) in [7, 11) is -3.08. The molecule has 0 bridgehead atoms. The van der Waals surface area contributed by atoms with Crippen LogP contribution in [0.5, 0.6) is 0 Å². The molecular formula is C7H12N2O4S. The predicted octanol–water partition coefficient (Wildman–Crippen LogP) is -1.03. The highest BCUT2D eigenvalue weighted by atomic mass is 32.2. The number of sulfone groups is 1. The number of carbonyl (C=O) groups excluding carboxylic acids is 2. The molecule has 1 N–H and O–H groups in total. The molecule has 1 aliphatic rings. The Morgan fingerprint density at radius 1 is 1.43 bits per heavy atom. The Morgan fingerprint density at radius 3 is 2.50 bits per heavy atom. The molecule has 0 spiro atoms. The van der Waals surface area contributed by atoms with Crippen LogP contribution >= 0.6 is 0 Å². The van der Waals surface area contributed by atoms with E-state index < -0.39 is 15.9 Å². The van der Waals surface area contributed by atoms with Crippen LogP contribution in [0.4, 0.5) is 4.79 Å². The van der Waals surface area contributed by atoms with Gasteiger partial charge in [-0.25, -0.2) is 13.2 Å². The number of hydrogen-bond acceptors (Lipinski definition) is 4. The van der Waals surface area contributed by atoms with Crippen molar-refractivity contribution in [3.8, 4) is 0 Å². The van der Waals surface area contributed by atoms with Crippen molar-refractivity contribution < 1.29 is 18.0 Å². The molecule has 0 aromatic carbocycles. The molecule has 1 fully saturated rings. The fraction of sp³-hybridized carbons (Fsp3) is 0.714. The monoisotopic (exact) mass is 220 g/mol. The minimum Gasteiger partial charge on any atom is -0.314 e. The van der Waals surface area contributed by atoms with Crippen LogP contribution in [0, 0.1) is 0 Å². The lowest BCUT2D eigenvalue weighted by molar-refractivity contribution is -0.118. The van der Waals surface area contributed by atoms with Crippen LogP contribution in [0.3, 0.4) is 0 Å². The average molecular weight is 220 g/mol. The Labute approximate surface area is 82.2 Å². The maximum absolute atomic E-state index is 11.1. The zero-order chi connectivity index (χ0) is 10.8. The van der Waals surface area contributed by atoms with Gasteiger partial charge in [-0.05, 0) is 0 Å². The lowest BCUT2D eigenvalue weighted by Gasteiger charge is -2.11. The molecule has 1 saturated heterocycles. The summed E-state index contributed by atoms with van der Waals surface area (Å²) in [6.07, 6.45) is 0. The molecule has 14 heavy (non-hydrogen) atoms. The Bertz CT molecular complexity index is 349. The van der Waals surface area contributed by atoms with Crippen molar-refractivity contribution in [2.75, 3.05) is 24.6 Å². The Hall–Kier alpha value is -1.11. The topological polar surface area (TPSA) is 83.6 Å². The predicted molar refractivity (Wildman–Crippen MR) is 49.4 cm³/mol. The summed E-state index contributed by atoms with van der Waals surface area (Å²) in [4.78, 5) is 22.9. The molecule has 1 rings (SSSR count). The molecule has 0 unspecified atom stereocenters. The maximum Gasteiger partial charge on any atom is 0.324 e. The molecule has 0 saturated carbocycles. The highest BCUT2D eigenvalue weighted by Gasteiger charge is 2.27. The second kappa shape index (κ2) is 3.95. The van der Waals surface area contributed by atoms with Gasteiger partial charge in [0.25, 0.3) is 0 Å². The molecule has 0 aliphatic carbocycles. The second-order valence-corrected chi connectivity index (χ2v) is 5.48. The highest BCUT2D eigenvalue weighted by Crippen LogP contribution is 1.99. The summed E-state index contributed by atoms with van der Waals surface area (Å²) in [5.41, 5.74) is 0. The van der Waals surface area contributed by atoms with Gasteiger partial charge in [-0.15, -0.1) is 0 Å². The van der Waals surface area contributed by atoms with Crippen LogP contribution in [-0.2, 0) is 14.6 Å². The van der Waals surface area contributed by atoms with E-state index in [-0.39, 0.29) is 30.5 Å². The summed E-state index contributed by atoms with van der Waals surface area (Å²) >= 11 is 0. The van der Waals surface area contributed by atoms with Crippen LogP contribution in [0.25, 0.3) is 0 Å². The van der Waals surface area contributed by atoms with Gasteiger partial charge >= 0.3 is 6.03 Å². The highest BCUT2D eigenvalue weighted by molar-refractivity contribution is 7.91. The van der Waals surface area contributed by atoms with E-state index in [1.165, 1.54) is 4.90 Å². The minimum atomic E-state index is -3.08. The number of hydrogen-bond donors (Lipinski definition) is 1. The molecule has 1 aliphatic heterocycles. The first-order chi connectivity index (χ1) is 6.44. The van der Waals surface area contributed by atoms with Crippen molar-refractivity contribution in [3.63, 3.8) is 0 Å². The van der Waals surface area contributed by atoms with Gasteiger partial charge in [0.15, 0.2) is 9.84 Å². The van der Waals surface area contributed by atoms with Gasteiger partial charge in [0, 0.05) is 12.3 Å². The summed E-state index contributed by atoms with van der Waals surface area (Å²) in [6, 6.07) is -0.513. The standard InChI is InChI=1S/C7H12N2O4S/c1-2-14(12,13)4-3-9-5-6(10)8-7(9)11/h2-5H2,1H3,(H,8,10,11). The van der Waals surface area contributed by atoms with Gasteiger partial charge < -0.3 is 4.90 Å². The molecule has 3 amide bonds. The van der Waals surface area contributed by atoms with Crippen LogP contribution < -0.4 is 5.32 Å². The Balaban J connectivity index is 2.47. The molecule has 0 atom stereocenters. The number of urea groups is 1. The van der Waals surface area contributed by atoms with Crippen molar-refractivity contribution in [1.82, 2.24) is 10.2 Å². The molecular weight excluding hydrogens is 208 g/mol. The second-order valence-electron chi connectivity index (χ2n) is 3.01. The van der Waals surface area contributed by atoms with Crippen molar-refractivity contribution in [3.05, 3.63) is 0 Å². The van der Waals surface area contributed by atoms with Gasteiger partial charge in [-0.2, -0.15) is 0 Å². The first-order valence-corrected chi connectivity index (χ1v) is 6.06. The van der Waals surface area contributed by atoms with Crippen LogP contribution in [0.2, 0.25) is 0 Å². The summed E-state index contributed by atoms with van der Waals surface area (Å²) < 4.78 is 22.2. The Morgan fingerprint density at radius 2 is 2.07 bits per heavy atom. The lowest BCUT2D eigenvalue weighted by atomic mass is 10.5. The first-order valence-electron chi connectivity index (χ1n) is 4.24. The van der Waals surface area contributed by atoms with Gasteiger partial charge in [0.1, 0.15) is 6.54 Å². The molecule has 1 heterocycles. The van der Waals surface area contributed by atoms with E-state index in [1.54, 1.807) is 6.92 Å². The summed E-state index contributed by atoms with van der Waals surface area (Å²) in [5, 5.41) is 2.07. The summed E-state index contributed by atoms with van der Waals surface area (Å²) in [6.45, 7) is 1.58. The maximum atomic E-state index is 11.1. The fourth-order valence-corrected chi connectivity index (χ4v) is 1.84. The van der Waals surface area contributed by atoms with E-state index >= 15 is 0 Å².